The van der Waals surface area contributed by atoms with Crippen molar-refractivity contribution >= 4 is 21.7 Å². The van der Waals surface area contributed by atoms with E-state index in [4.69, 9.17) is 0 Å². The van der Waals surface area contributed by atoms with Gasteiger partial charge in [-0.1, -0.05) is 29.8 Å². The number of rotatable bonds is 3. The molecule has 1 N–H and O–H groups in total. The summed E-state index contributed by atoms with van der Waals surface area (Å²) in [6.07, 6.45) is -3.11. The van der Waals surface area contributed by atoms with Crippen LogP contribution in [0.2, 0.25) is 0 Å². The zero-order valence-electron chi connectivity index (χ0n) is 11.5. The van der Waals surface area contributed by atoms with Gasteiger partial charge in [-0.2, -0.15) is 13.2 Å². The maximum Gasteiger partial charge on any atom is 0.419 e. The number of aryl methyl sites for hydroxylation is 1. The predicted molar refractivity (Wildman–Crippen MR) is 80.2 cm³/mol. The average Bonchev–Trinajstić information content (AvgIpc) is 2.40. The van der Waals surface area contributed by atoms with Gasteiger partial charge in [-0.05, 0) is 41.4 Å². The molecule has 6 heteroatoms. The van der Waals surface area contributed by atoms with E-state index in [-0.39, 0.29) is 11.9 Å². The molecule has 1 aromatic heterocycles. The van der Waals surface area contributed by atoms with Gasteiger partial charge in [-0.3, -0.25) is 0 Å². The van der Waals surface area contributed by atoms with Crippen LogP contribution in [0.1, 0.15) is 29.7 Å². The number of hydrogen-bond donors (Lipinski definition) is 1. The zero-order valence-corrected chi connectivity index (χ0v) is 13.1. The maximum absolute atomic E-state index is 13.0. The number of alkyl halides is 3. The van der Waals surface area contributed by atoms with Crippen molar-refractivity contribution in [3.8, 4) is 0 Å². The van der Waals surface area contributed by atoms with Crippen LogP contribution in [0.3, 0.4) is 0 Å². The molecule has 0 amide bonds. The van der Waals surface area contributed by atoms with Crippen LogP contribution in [-0.2, 0) is 6.18 Å². The molecule has 0 saturated carbocycles. The van der Waals surface area contributed by atoms with Gasteiger partial charge in [0, 0.05) is 16.7 Å². The third-order valence-corrected chi connectivity index (χ3v) is 3.52. The van der Waals surface area contributed by atoms with Crippen LogP contribution >= 0.6 is 15.9 Å². The van der Waals surface area contributed by atoms with Gasteiger partial charge in [-0.15, -0.1) is 0 Å². The number of hydrogen-bond acceptors (Lipinski definition) is 2. The molecule has 0 bridgehead atoms. The first kappa shape index (κ1) is 15.8. The molecule has 112 valence electrons. The lowest BCUT2D eigenvalue weighted by molar-refractivity contribution is -0.137. The van der Waals surface area contributed by atoms with E-state index in [9.17, 15) is 13.2 Å². The average molecular weight is 359 g/mol. The van der Waals surface area contributed by atoms with E-state index in [1.165, 1.54) is 6.20 Å². The normalized spacial score (nSPS) is 13.0. The second kappa shape index (κ2) is 6.05. The first-order valence-corrected chi connectivity index (χ1v) is 7.12. The first-order valence-electron chi connectivity index (χ1n) is 6.33. The fourth-order valence-corrected chi connectivity index (χ4v) is 2.25. The summed E-state index contributed by atoms with van der Waals surface area (Å²) >= 11 is 3.02. The number of halogens is 4. The quantitative estimate of drug-likeness (QED) is 0.800. The van der Waals surface area contributed by atoms with Crippen molar-refractivity contribution in [3.63, 3.8) is 0 Å². The number of nitrogens with zero attached hydrogens (tertiary/aromatic N) is 1. The molecule has 0 fully saturated rings. The molecular formula is C15H14BrF3N2. The Balaban J connectivity index is 2.29. The standard InChI is InChI=1S/C15H14BrF3N2/c1-9-3-5-11(6-4-9)10(2)21-14-13(15(17,18)19)7-12(16)8-20-14/h3-8,10H,1-2H3,(H,20,21). The topological polar surface area (TPSA) is 24.9 Å². The second-order valence-electron chi connectivity index (χ2n) is 4.82. The van der Waals surface area contributed by atoms with E-state index in [0.29, 0.717) is 4.47 Å². The molecule has 1 aromatic carbocycles. The largest absolute Gasteiger partial charge is 0.419 e. The molecule has 0 aliphatic heterocycles. The van der Waals surface area contributed by atoms with Crippen LogP contribution in [0, 0.1) is 6.92 Å². The van der Waals surface area contributed by atoms with Crippen LogP contribution in [0.5, 0.6) is 0 Å². The Kier molecular flexibility index (Phi) is 4.56. The smallest absolute Gasteiger partial charge is 0.363 e. The van der Waals surface area contributed by atoms with Crippen LogP contribution in [0.25, 0.3) is 0 Å². The SMILES string of the molecule is Cc1ccc(C(C)Nc2ncc(Br)cc2C(F)(F)F)cc1. The van der Waals surface area contributed by atoms with E-state index in [1.807, 2.05) is 31.2 Å². The summed E-state index contributed by atoms with van der Waals surface area (Å²) < 4.78 is 39.4. The predicted octanol–water partition coefficient (Wildman–Crippen LogP) is 5.34. The minimum Gasteiger partial charge on any atom is -0.363 e. The zero-order chi connectivity index (χ0) is 15.6. The summed E-state index contributed by atoms with van der Waals surface area (Å²) in [5.74, 6) is -0.168. The molecule has 2 aromatic rings. The van der Waals surface area contributed by atoms with Crippen LogP contribution < -0.4 is 5.32 Å². The molecule has 1 heterocycles. The highest BCUT2D eigenvalue weighted by Gasteiger charge is 2.35. The van der Waals surface area contributed by atoms with Crippen molar-refractivity contribution in [2.75, 3.05) is 5.32 Å². The summed E-state index contributed by atoms with van der Waals surface area (Å²) in [5, 5.41) is 2.83. The number of benzene rings is 1. The minimum absolute atomic E-state index is 0.168. The summed E-state index contributed by atoms with van der Waals surface area (Å²) in [7, 11) is 0. The first-order chi connectivity index (χ1) is 9.77. The summed E-state index contributed by atoms with van der Waals surface area (Å²) in [5.41, 5.74) is 1.22. The van der Waals surface area contributed by atoms with E-state index in [1.54, 1.807) is 6.92 Å². The van der Waals surface area contributed by atoms with Crippen molar-refractivity contribution in [1.82, 2.24) is 4.98 Å². The number of aromatic nitrogens is 1. The molecule has 1 atom stereocenters. The van der Waals surface area contributed by atoms with Crippen molar-refractivity contribution in [2.45, 2.75) is 26.1 Å². The Labute approximate surface area is 129 Å². The highest BCUT2D eigenvalue weighted by Crippen LogP contribution is 2.36. The molecular weight excluding hydrogens is 345 g/mol. The van der Waals surface area contributed by atoms with Crippen LogP contribution in [-0.4, -0.2) is 4.98 Å². The summed E-state index contributed by atoms with van der Waals surface area (Å²) in [4.78, 5) is 3.85. The highest BCUT2D eigenvalue weighted by molar-refractivity contribution is 9.10. The molecule has 2 rings (SSSR count). The van der Waals surface area contributed by atoms with E-state index < -0.39 is 11.7 Å². The van der Waals surface area contributed by atoms with Crippen molar-refractivity contribution in [1.29, 1.82) is 0 Å². The number of pyridine rings is 1. The van der Waals surface area contributed by atoms with Gasteiger partial charge in [0.25, 0.3) is 0 Å². The lowest BCUT2D eigenvalue weighted by atomic mass is 10.1. The van der Waals surface area contributed by atoms with Gasteiger partial charge in [-0.25, -0.2) is 4.98 Å². The molecule has 0 saturated heterocycles. The van der Waals surface area contributed by atoms with Crippen LogP contribution in [0.4, 0.5) is 19.0 Å². The minimum atomic E-state index is -4.45. The van der Waals surface area contributed by atoms with Crippen molar-refractivity contribution in [3.05, 3.63) is 57.7 Å². The number of anilines is 1. The van der Waals surface area contributed by atoms with Crippen molar-refractivity contribution < 1.29 is 13.2 Å². The molecule has 1 unspecified atom stereocenters. The van der Waals surface area contributed by atoms with E-state index >= 15 is 0 Å². The van der Waals surface area contributed by atoms with Gasteiger partial charge < -0.3 is 5.32 Å². The molecule has 0 radical (unpaired) electrons. The monoisotopic (exact) mass is 358 g/mol. The van der Waals surface area contributed by atoms with E-state index in [2.05, 4.69) is 26.2 Å². The lowest BCUT2D eigenvalue weighted by Gasteiger charge is -2.19. The van der Waals surface area contributed by atoms with Gasteiger partial charge in [0.05, 0.1) is 5.56 Å². The van der Waals surface area contributed by atoms with Crippen LogP contribution in [0.15, 0.2) is 41.0 Å². The Morgan fingerprint density at radius 2 is 1.81 bits per heavy atom. The second-order valence-corrected chi connectivity index (χ2v) is 5.74. The molecule has 0 aliphatic rings. The molecule has 0 spiro atoms. The highest BCUT2D eigenvalue weighted by atomic mass is 79.9. The Morgan fingerprint density at radius 1 is 1.19 bits per heavy atom. The Bertz CT molecular complexity index is 624. The molecule has 21 heavy (non-hydrogen) atoms. The van der Waals surface area contributed by atoms with Crippen molar-refractivity contribution in [2.24, 2.45) is 0 Å². The van der Waals surface area contributed by atoms with E-state index in [0.717, 1.165) is 17.2 Å². The maximum atomic E-state index is 13.0. The lowest BCUT2D eigenvalue weighted by Crippen LogP contribution is -2.15. The van der Waals surface area contributed by atoms with Gasteiger partial charge in [0.2, 0.25) is 0 Å². The third kappa shape index (κ3) is 3.97. The fourth-order valence-electron chi connectivity index (χ4n) is 1.91. The third-order valence-electron chi connectivity index (χ3n) is 3.09. The molecule has 0 aliphatic carbocycles. The van der Waals surface area contributed by atoms with Gasteiger partial charge in [0.1, 0.15) is 5.82 Å². The van der Waals surface area contributed by atoms with Gasteiger partial charge >= 0.3 is 6.18 Å². The van der Waals surface area contributed by atoms with Gasteiger partial charge in [0.15, 0.2) is 0 Å². The fraction of sp³-hybridized carbons (Fsp3) is 0.267. The summed E-state index contributed by atoms with van der Waals surface area (Å²) in [6.45, 7) is 3.76. The summed E-state index contributed by atoms with van der Waals surface area (Å²) in [6, 6.07) is 8.37. The Hall–Kier alpha value is -1.56. The Morgan fingerprint density at radius 3 is 2.38 bits per heavy atom. The molecule has 2 nitrogen and oxygen atoms in total. The number of nitrogens with one attached hydrogen (secondary N) is 1.